The van der Waals surface area contributed by atoms with Gasteiger partial charge in [0.05, 0.1) is 5.41 Å². The van der Waals surface area contributed by atoms with Crippen LogP contribution in [0.4, 0.5) is 10.1 Å². The summed E-state index contributed by atoms with van der Waals surface area (Å²) in [5.41, 5.74) is 0.828. The van der Waals surface area contributed by atoms with Crippen molar-refractivity contribution < 1.29 is 18.7 Å². The molecule has 0 unspecified atom stereocenters. The Morgan fingerprint density at radius 1 is 1.06 bits per heavy atom. The van der Waals surface area contributed by atoms with Gasteiger partial charge in [-0.3, -0.25) is 9.69 Å². The van der Waals surface area contributed by atoms with Crippen LogP contribution in [0.25, 0.3) is 0 Å². The summed E-state index contributed by atoms with van der Waals surface area (Å²) in [7, 11) is 0. The van der Waals surface area contributed by atoms with Gasteiger partial charge in [-0.1, -0.05) is 26.0 Å². The Bertz CT molecular complexity index is 900. The van der Waals surface area contributed by atoms with E-state index in [2.05, 4.69) is 24.1 Å². The van der Waals surface area contributed by atoms with Crippen molar-refractivity contribution in [2.45, 2.75) is 38.5 Å². The van der Waals surface area contributed by atoms with E-state index in [0.29, 0.717) is 32.7 Å². The third-order valence-electron chi connectivity index (χ3n) is 6.91. The van der Waals surface area contributed by atoms with E-state index in [4.69, 9.17) is 9.47 Å². The van der Waals surface area contributed by atoms with E-state index in [1.165, 1.54) is 18.6 Å². The van der Waals surface area contributed by atoms with Crippen molar-refractivity contribution >= 4 is 11.6 Å². The lowest BCUT2D eigenvalue weighted by Gasteiger charge is -2.36. The predicted octanol–water partition coefficient (Wildman–Crippen LogP) is 4.87. The summed E-state index contributed by atoms with van der Waals surface area (Å²) in [4.78, 5) is 15.8. The van der Waals surface area contributed by atoms with Gasteiger partial charge in [0.1, 0.15) is 18.2 Å². The molecule has 2 atom stereocenters. The smallest absolute Gasteiger partial charge is 0.235 e. The molecule has 0 aromatic heterocycles. The minimum atomic E-state index is -0.718. The number of amides is 1. The summed E-state index contributed by atoms with van der Waals surface area (Å²) >= 11 is 0. The van der Waals surface area contributed by atoms with Crippen LogP contribution in [0.1, 0.15) is 38.7 Å². The van der Waals surface area contributed by atoms with Gasteiger partial charge in [-0.2, -0.15) is 0 Å². The van der Waals surface area contributed by atoms with Gasteiger partial charge in [0.15, 0.2) is 0 Å². The second-order valence-electron chi connectivity index (χ2n) is 9.73. The Balaban J connectivity index is 1.34. The van der Waals surface area contributed by atoms with E-state index >= 15 is 0 Å². The van der Waals surface area contributed by atoms with Gasteiger partial charge >= 0.3 is 0 Å². The SMILES string of the molecule is C[C@@H]1C[C@@H](C)CN(CCOc2ccc(NC(=O)C3(c4ccc(F)cc4)CCOCC3)cc2)C1. The zero-order valence-corrected chi connectivity index (χ0v) is 19.7. The number of hydrogen-bond donors (Lipinski definition) is 1. The van der Waals surface area contributed by atoms with Gasteiger partial charge in [0.2, 0.25) is 5.91 Å². The van der Waals surface area contributed by atoms with Crippen LogP contribution in [0, 0.1) is 17.7 Å². The number of nitrogens with zero attached hydrogens (tertiary/aromatic N) is 1. The fourth-order valence-corrected chi connectivity index (χ4v) is 5.29. The van der Waals surface area contributed by atoms with Crippen LogP contribution in [-0.4, -0.2) is 50.3 Å². The molecule has 178 valence electrons. The molecule has 2 aliphatic rings. The van der Waals surface area contributed by atoms with E-state index in [0.717, 1.165) is 48.5 Å². The summed E-state index contributed by atoms with van der Waals surface area (Å²) in [6, 6.07) is 13.8. The first-order valence-corrected chi connectivity index (χ1v) is 12.0. The molecule has 5 nitrogen and oxygen atoms in total. The number of carbonyl (C=O) groups is 1. The zero-order chi connectivity index (χ0) is 23.3. The molecule has 6 heteroatoms. The van der Waals surface area contributed by atoms with Gasteiger partial charge in [-0.25, -0.2) is 4.39 Å². The number of hydrogen-bond acceptors (Lipinski definition) is 4. The molecule has 0 bridgehead atoms. The molecule has 0 radical (unpaired) electrons. The lowest BCUT2D eigenvalue weighted by Crippen LogP contribution is -2.44. The van der Waals surface area contributed by atoms with Gasteiger partial charge in [-0.05, 0) is 73.1 Å². The molecule has 2 saturated heterocycles. The molecule has 1 N–H and O–H groups in total. The number of ether oxygens (including phenoxy) is 2. The van der Waals surface area contributed by atoms with E-state index in [1.807, 2.05) is 24.3 Å². The maximum Gasteiger partial charge on any atom is 0.235 e. The maximum absolute atomic E-state index is 13.5. The fourth-order valence-electron chi connectivity index (χ4n) is 5.29. The Labute approximate surface area is 196 Å². The first kappa shape index (κ1) is 23.7. The largest absolute Gasteiger partial charge is 0.492 e. The normalized spacial score (nSPS) is 23.1. The number of halogens is 1. The molecular formula is C27H35FN2O3. The number of likely N-dealkylation sites (tertiary alicyclic amines) is 1. The predicted molar refractivity (Wildman–Crippen MR) is 128 cm³/mol. The van der Waals surface area contributed by atoms with Crippen LogP contribution >= 0.6 is 0 Å². The Morgan fingerprint density at radius 2 is 1.70 bits per heavy atom. The minimum absolute atomic E-state index is 0.0839. The molecular weight excluding hydrogens is 419 g/mol. The Hall–Kier alpha value is -2.44. The molecule has 33 heavy (non-hydrogen) atoms. The third-order valence-corrected chi connectivity index (χ3v) is 6.91. The van der Waals surface area contributed by atoms with Crippen LogP contribution < -0.4 is 10.1 Å². The molecule has 0 aliphatic carbocycles. The van der Waals surface area contributed by atoms with Gasteiger partial charge in [0, 0.05) is 38.5 Å². The first-order chi connectivity index (χ1) is 15.9. The fraction of sp³-hybridized carbons (Fsp3) is 0.519. The summed E-state index contributed by atoms with van der Waals surface area (Å²) in [6.45, 7) is 9.50. The van der Waals surface area contributed by atoms with Gasteiger partial charge < -0.3 is 14.8 Å². The molecule has 2 aromatic carbocycles. The van der Waals surface area contributed by atoms with Gasteiger partial charge in [0.25, 0.3) is 0 Å². The Kier molecular flexibility index (Phi) is 7.66. The van der Waals surface area contributed by atoms with Crippen LogP contribution in [0.5, 0.6) is 5.75 Å². The average molecular weight is 455 g/mol. The number of anilines is 1. The Morgan fingerprint density at radius 3 is 2.33 bits per heavy atom. The standard InChI is InChI=1S/C27H35FN2O3/c1-20-17-21(2)19-30(18-20)13-16-33-25-9-7-24(8-10-25)29-26(31)27(11-14-32-15-12-27)22-3-5-23(28)6-4-22/h3-10,20-21H,11-19H2,1-2H3,(H,29,31)/t20-,21-/m1/s1. The highest BCUT2D eigenvalue weighted by Gasteiger charge is 2.41. The molecule has 2 aromatic rings. The molecule has 0 spiro atoms. The lowest BCUT2D eigenvalue weighted by molar-refractivity contribution is -0.125. The van der Waals surface area contributed by atoms with E-state index < -0.39 is 5.41 Å². The highest BCUT2D eigenvalue weighted by Crippen LogP contribution is 2.36. The summed E-state index contributed by atoms with van der Waals surface area (Å²) in [5.74, 6) is 1.89. The maximum atomic E-state index is 13.5. The van der Waals surface area contributed by atoms with Crippen LogP contribution in [0.2, 0.25) is 0 Å². The summed E-state index contributed by atoms with van der Waals surface area (Å²) in [6.07, 6.45) is 2.44. The molecule has 0 saturated carbocycles. The number of rotatable bonds is 7. The third kappa shape index (κ3) is 5.92. The average Bonchev–Trinajstić information content (AvgIpc) is 2.80. The first-order valence-electron chi connectivity index (χ1n) is 12.0. The van der Waals surface area contributed by atoms with Crippen molar-refractivity contribution in [1.29, 1.82) is 0 Å². The molecule has 4 rings (SSSR count). The lowest BCUT2D eigenvalue weighted by atomic mass is 9.73. The number of nitrogens with one attached hydrogen (secondary N) is 1. The summed E-state index contributed by atoms with van der Waals surface area (Å²) < 4.78 is 24.9. The molecule has 2 fully saturated rings. The van der Waals surface area contributed by atoms with E-state index in [9.17, 15) is 9.18 Å². The second-order valence-corrected chi connectivity index (χ2v) is 9.73. The van der Waals surface area contributed by atoms with E-state index in [1.54, 1.807) is 12.1 Å². The molecule has 2 heterocycles. The topological polar surface area (TPSA) is 50.8 Å². The second kappa shape index (κ2) is 10.7. The van der Waals surface area contributed by atoms with Crippen molar-refractivity contribution in [2.75, 3.05) is 44.8 Å². The number of benzene rings is 2. The highest BCUT2D eigenvalue weighted by atomic mass is 19.1. The summed E-state index contributed by atoms with van der Waals surface area (Å²) in [5, 5.41) is 3.06. The zero-order valence-electron chi connectivity index (χ0n) is 19.7. The monoisotopic (exact) mass is 454 g/mol. The van der Waals surface area contributed by atoms with Crippen molar-refractivity contribution in [3.8, 4) is 5.75 Å². The van der Waals surface area contributed by atoms with Crippen LogP contribution in [0.3, 0.4) is 0 Å². The highest BCUT2D eigenvalue weighted by molar-refractivity contribution is 5.99. The van der Waals surface area contributed by atoms with Gasteiger partial charge in [-0.15, -0.1) is 0 Å². The quantitative estimate of drug-likeness (QED) is 0.649. The van der Waals surface area contributed by atoms with Crippen LogP contribution in [0.15, 0.2) is 48.5 Å². The van der Waals surface area contributed by atoms with Crippen LogP contribution in [-0.2, 0) is 14.9 Å². The van der Waals surface area contributed by atoms with Crippen molar-refractivity contribution in [2.24, 2.45) is 11.8 Å². The minimum Gasteiger partial charge on any atom is -0.492 e. The van der Waals surface area contributed by atoms with Crippen molar-refractivity contribution in [3.63, 3.8) is 0 Å². The number of piperidine rings is 1. The van der Waals surface area contributed by atoms with Crippen molar-refractivity contribution in [1.82, 2.24) is 4.90 Å². The number of carbonyl (C=O) groups excluding carboxylic acids is 1. The van der Waals surface area contributed by atoms with Crippen molar-refractivity contribution in [3.05, 3.63) is 59.9 Å². The molecule has 1 amide bonds. The molecule has 2 aliphatic heterocycles. The van der Waals surface area contributed by atoms with E-state index in [-0.39, 0.29) is 11.7 Å².